The summed E-state index contributed by atoms with van der Waals surface area (Å²) in [5.41, 5.74) is -0.502. The van der Waals surface area contributed by atoms with Crippen LogP contribution in [0.25, 0.3) is 0 Å². The van der Waals surface area contributed by atoms with Crippen LogP contribution in [-0.4, -0.2) is 20.3 Å². The summed E-state index contributed by atoms with van der Waals surface area (Å²) in [5, 5.41) is 0. The molecular weight excluding hydrogens is 152 g/mol. The highest BCUT2D eigenvalue weighted by atomic mass is 32.2. The Kier molecular flexibility index (Phi) is 3.18. The molecular formula is C6H12O3S. The molecule has 4 heteroatoms. The van der Waals surface area contributed by atoms with Crippen LogP contribution in [0.3, 0.4) is 0 Å². The molecule has 1 N–H and O–H groups in total. The van der Waals surface area contributed by atoms with Gasteiger partial charge in [0.25, 0.3) is 0 Å². The van der Waals surface area contributed by atoms with Gasteiger partial charge in [-0.2, -0.15) is 0 Å². The van der Waals surface area contributed by atoms with Crippen LogP contribution in [0.2, 0.25) is 0 Å². The lowest BCUT2D eigenvalue weighted by Gasteiger charge is -2.14. The maximum atomic E-state index is 10.9. The molecule has 1 unspecified atom stereocenters. The molecule has 0 bridgehead atoms. The molecule has 0 aromatic carbocycles. The highest BCUT2D eigenvalue weighted by molar-refractivity contribution is 7.80. The number of hydrogen-bond acceptors (Lipinski definition) is 2. The standard InChI is InChI=1S/C6H12O3S/c1-6(2,3)5(7)4-10(8)9/h4H2,1-3H3,(H,8,9). The third-order valence-corrected chi connectivity index (χ3v) is 1.60. The van der Waals surface area contributed by atoms with Gasteiger partial charge in [-0.25, -0.2) is 4.21 Å². The van der Waals surface area contributed by atoms with Gasteiger partial charge in [0.05, 0.1) is 0 Å². The van der Waals surface area contributed by atoms with Gasteiger partial charge in [0.2, 0.25) is 0 Å². The third kappa shape index (κ3) is 3.74. The molecule has 60 valence electrons. The molecule has 0 aliphatic heterocycles. The molecule has 0 fully saturated rings. The molecule has 3 nitrogen and oxygen atoms in total. The number of ketones is 1. The fourth-order valence-electron chi connectivity index (χ4n) is 0.329. The third-order valence-electron chi connectivity index (χ3n) is 1.09. The summed E-state index contributed by atoms with van der Waals surface area (Å²) in [6.45, 7) is 5.17. The van der Waals surface area contributed by atoms with E-state index in [1.165, 1.54) is 0 Å². The monoisotopic (exact) mass is 164 g/mol. The number of carbonyl (C=O) groups is 1. The van der Waals surface area contributed by atoms with E-state index >= 15 is 0 Å². The van der Waals surface area contributed by atoms with Crippen molar-refractivity contribution in [3.63, 3.8) is 0 Å². The average Bonchev–Trinajstić information content (AvgIpc) is 1.60. The van der Waals surface area contributed by atoms with Gasteiger partial charge < -0.3 is 4.55 Å². The zero-order chi connectivity index (χ0) is 8.36. The Balaban J connectivity index is 3.99. The molecule has 0 saturated carbocycles. The Labute approximate surface area is 63.1 Å². The second-order valence-electron chi connectivity index (χ2n) is 3.14. The van der Waals surface area contributed by atoms with Gasteiger partial charge in [-0.15, -0.1) is 0 Å². The van der Waals surface area contributed by atoms with E-state index in [4.69, 9.17) is 4.55 Å². The second kappa shape index (κ2) is 3.25. The van der Waals surface area contributed by atoms with E-state index in [2.05, 4.69) is 0 Å². The van der Waals surface area contributed by atoms with Crippen LogP contribution >= 0.6 is 0 Å². The highest BCUT2D eigenvalue weighted by Crippen LogP contribution is 2.14. The van der Waals surface area contributed by atoms with Crippen molar-refractivity contribution in [1.82, 2.24) is 0 Å². The largest absolute Gasteiger partial charge is 0.306 e. The lowest BCUT2D eigenvalue weighted by molar-refractivity contribution is -0.123. The van der Waals surface area contributed by atoms with Crippen molar-refractivity contribution < 1.29 is 13.6 Å². The number of rotatable bonds is 2. The Hall–Kier alpha value is -0.220. The first kappa shape index (κ1) is 9.78. The van der Waals surface area contributed by atoms with E-state index < -0.39 is 16.5 Å². The normalized spacial score (nSPS) is 14.8. The SMILES string of the molecule is CC(C)(C)C(=O)CS(=O)O. The zero-order valence-corrected chi connectivity index (χ0v) is 7.20. The maximum Gasteiger partial charge on any atom is 0.160 e. The summed E-state index contributed by atoms with van der Waals surface area (Å²) in [6.07, 6.45) is 0. The summed E-state index contributed by atoms with van der Waals surface area (Å²) in [5.74, 6) is -0.447. The highest BCUT2D eigenvalue weighted by Gasteiger charge is 2.22. The predicted octanol–water partition coefficient (Wildman–Crippen LogP) is 0.823. The van der Waals surface area contributed by atoms with Crippen LogP contribution in [0, 0.1) is 5.41 Å². The van der Waals surface area contributed by atoms with Crippen LogP contribution in [-0.2, 0) is 15.9 Å². The molecule has 0 aliphatic rings. The molecule has 0 aromatic heterocycles. The summed E-state index contributed by atoms with van der Waals surface area (Å²) in [4.78, 5) is 10.9. The van der Waals surface area contributed by atoms with Crippen molar-refractivity contribution in [3.05, 3.63) is 0 Å². The molecule has 0 aromatic rings. The quantitative estimate of drug-likeness (QED) is 0.615. The first-order valence-electron chi connectivity index (χ1n) is 2.95. The average molecular weight is 164 g/mol. The Morgan fingerprint density at radius 1 is 1.50 bits per heavy atom. The van der Waals surface area contributed by atoms with Crippen molar-refractivity contribution in [2.24, 2.45) is 5.41 Å². The molecule has 0 spiro atoms. The molecule has 0 heterocycles. The summed E-state index contributed by atoms with van der Waals surface area (Å²) < 4.78 is 18.5. The smallest absolute Gasteiger partial charge is 0.160 e. The first-order chi connectivity index (χ1) is 4.34. The lowest BCUT2D eigenvalue weighted by Crippen LogP contribution is -2.25. The Bertz CT molecular complexity index is 157. The minimum atomic E-state index is -1.99. The van der Waals surface area contributed by atoms with Gasteiger partial charge in [-0.1, -0.05) is 20.8 Å². The lowest BCUT2D eigenvalue weighted by atomic mass is 9.92. The number of hydrogen-bond donors (Lipinski definition) is 1. The zero-order valence-electron chi connectivity index (χ0n) is 6.38. The van der Waals surface area contributed by atoms with Crippen molar-refractivity contribution in [2.75, 3.05) is 5.75 Å². The number of Topliss-reactive ketones (excluding diaryl/α,β-unsaturated/α-hetero) is 1. The van der Waals surface area contributed by atoms with Crippen molar-refractivity contribution in [2.45, 2.75) is 20.8 Å². The fraction of sp³-hybridized carbons (Fsp3) is 0.833. The fourth-order valence-corrected chi connectivity index (χ4v) is 0.986. The Morgan fingerprint density at radius 2 is 1.90 bits per heavy atom. The molecule has 10 heavy (non-hydrogen) atoms. The molecule has 1 atom stereocenters. The van der Waals surface area contributed by atoms with E-state index in [0.717, 1.165) is 0 Å². The molecule has 0 saturated heterocycles. The van der Waals surface area contributed by atoms with Crippen molar-refractivity contribution >= 4 is 16.9 Å². The minimum absolute atomic E-state index is 0.187. The summed E-state index contributed by atoms with van der Waals surface area (Å²) in [6, 6.07) is 0. The van der Waals surface area contributed by atoms with Crippen LogP contribution in [0.4, 0.5) is 0 Å². The van der Waals surface area contributed by atoms with E-state index in [-0.39, 0.29) is 11.5 Å². The second-order valence-corrected chi connectivity index (χ2v) is 4.07. The first-order valence-corrected chi connectivity index (χ1v) is 4.22. The number of carbonyl (C=O) groups excluding carboxylic acids is 1. The van der Waals surface area contributed by atoms with Gasteiger partial charge in [0.15, 0.2) is 16.9 Å². The van der Waals surface area contributed by atoms with Crippen LogP contribution in [0.1, 0.15) is 20.8 Å². The molecule has 0 aliphatic carbocycles. The van der Waals surface area contributed by atoms with E-state index in [0.29, 0.717) is 0 Å². The molecule has 0 amide bonds. The maximum absolute atomic E-state index is 10.9. The van der Waals surface area contributed by atoms with E-state index in [1.54, 1.807) is 20.8 Å². The summed E-state index contributed by atoms with van der Waals surface area (Å²) in [7, 11) is 0. The molecule has 0 rings (SSSR count). The van der Waals surface area contributed by atoms with Gasteiger partial charge in [-0.3, -0.25) is 4.79 Å². The van der Waals surface area contributed by atoms with Gasteiger partial charge in [0, 0.05) is 5.41 Å². The van der Waals surface area contributed by atoms with E-state index in [1.807, 2.05) is 0 Å². The van der Waals surface area contributed by atoms with Gasteiger partial charge in [-0.05, 0) is 0 Å². The van der Waals surface area contributed by atoms with Crippen molar-refractivity contribution in [1.29, 1.82) is 0 Å². The van der Waals surface area contributed by atoms with Crippen LogP contribution in [0.5, 0.6) is 0 Å². The van der Waals surface area contributed by atoms with Gasteiger partial charge >= 0.3 is 0 Å². The van der Waals surface area contributed by atoms with Crippen molar-refractivity contribution in [3.8, 4) is 0 Å². The van der Waals surface area contributed by atoms with Crippen LogP contribution < -0.4 is 0 Å². The Morgan fingerprint density at radius 3 is 2.00 bits per heavy atom. The molecule has 0 radical (unpaired) electrons. The van der Waals surface area contributed by atoms with Gasteiger partial charge in [0.1, 0.15) is 5.75 Å². The minimum Gasteiger partial charge on any atom is -0.306 e. The predicted molar refractivity (Wildman–Crippen MR) is 40.1 cm³/mol. The topological polar surface area (TPSA) is 54.4 Å². The van der Waals surface area contributed by atoms with E-state index in [9.17, 15) is 9.00 Å². The van der Waals surface area contributed by atoms with Crippen LogP contribution in [0.15, 0.2) is 0 Å². The summed E-state index contributed by atoms with van der Waals surface area (Å²) >= 11 is -1.99.